The molecule has 10 heteroatoms. The van der Waals surface area contributed by atoms with Crippen LogP contribution in [0.15, 0.2) is 76.8 Å². The number of hydrazone groups is 1. The van der Waals surface area contributed by atoms with Crippen molar-refractivity contribution in [3.05, 3.63) is 98.3 Å². The zero-order valence-corrected chi connectivity index (χ0v) is 22.0. The molecular weight excluding hydrogens is 524 g/mol. The summed E-state index contributed by atoms with van der Waals surface area (Å²) in [5.41, 5.74) is 3.10. The number of anilines is 1. The van der Waals surface area contributed by atoms with Gasteiger partial charge in [0, 0.05) is 16.7 Å². The lowest BCUT2D eigenvalue weighted by Gasteiger charge is -2.21. The summed E-state index contributed by atoms with van der Waals surface area (Å²) in [5, 5.41) is 19.6. The minimum Gasteiger partial charge on any atom is -0.497 e. The first kappa shape index (κ1) is 24.1. The van der Waals surface area contributed by atoms with Gasteiger partial charge in [-0.2, -0.15) is 10.1 Å². The number of amides is 1. The number of ether oxygens (including phenoxy) is 2. The van der Waals surface area contributed by atoms with E-state index in [0.29, 0.717) is 32.0 Å². The highest BCUT2D eigenvalue weighted by Crippen LogP contribution is 2.43. The SMILES string of the molecule is COc1ccc(C2=NN(c3nc(O)c(C4=c5cc(Cl)ccc5=NC4=O)s3)C(c3ccc(OC)cc3)C2)cc1. The molecule has 4 aromatic rings. The topological polar surface area (TPSA) is 96.6 Å². The second-order valence-electron chi connectivity index (χ2n) is 8.72. The van der Waals surface area contributed by atoms with Gasteiger partial charge in [0.1, 0.15) is 16.4 Å². The van der Waals surface area contributed by atoms with Gasteiger partial charge in [-0.25, -0.2) is 10.0 Å². The van der Waals surface area contributed by atoms with Crippen molar-refractivity contribution in [3.63, 3.8) is 0 Å². The molecule has 2 aliphatic heterocycles. The van der Waals surface area contributed by atoms with E-state index in [2.05, 4.69) is 9.98 Å². The molecule has 3 aromatic carbocycles. The van der Waals surface area contributed by atoms with Crippen LogP contribution in [0.3, 0.4) is 0 Å². The minimum atomic E-state index is -0.441. The third-order valence-electron chi connectivity index (χ3n) is 6.52. The fourth-order valence-electron chi connectivity index (χ4n) is 4.60. The van der Waals surface area contributed by atoms with Gasteiger partial charge in [-0.3, -0.25) is 4.79 Å². The van der Waals surface area contributed by atoms with Crippen molar-refractivity contribution < 1.29 is 19.4 Å². The van der Waals surface area contributed by atoms with Crippen LogP contribution < -0.4 is 25.1 Å². The number of aromatic nitrogens is 1. The van der Waals surface area contributed by atoms with Gasteiger partial charge in [0.2, 0.25) is 11.0 Å². The van der Waals surface area contributed by atoms with Crippen LogP contribution in [0.4, 0.5) is 5.13 Å². The predicted octanol–water partition coefficient (Wildman–Crippen LogP) is 4.23. The molecule has 190 valence electrons. The van der Waals surface area contributed by atoms with E-state index < -0.39 is 5.91 Å². The Hall–Kier alpha value is -4.21. The molecule has 1 amide bonds. The molecule has 2 aliphatic rings. The van der Waals surface area contributed by atoms with Gasteiger partial charge in [-0.15, -0.1) is 0 Å². The average molecular weight is 545 g/mol. The lowest BCUT2D eigenvalue weighted by Crippen LogP contribution is -2.22. The van der Waals surface area contributed by atoms with Gasteiger partial charge >= 0.3 is 0 Å². The molecule has 0 aliphatic carbocycles. The Balaban J connectivity index is 1.45. The zero-order valence-electron chi connectivity index (χ0n) is 20.4. The summed E-state index contributed by atoms with van der Waals surface area (Å²) in [6, 6.07) is 20.4. The molecule has 3 heterocycles. The Labute approximate surface area is 226 Å². The number of hydrogen-bond donors (Lipinski definition) is 1. The van der Waals surface area contributed by atoms with Gasteiger partial charge in [0.15, 0.2) is 0 Å². The molecule has 0 spiro atoms. The maximum Gasteiger partial charge on any atom is 0.279 e. The maximum atomic E-state index is 12.8. The molecule has 8 nitrogen and oxygen atoms in total. The number of nitrogens with zero attached hydrogens (tertiary/aromatic N) is 4. The van der Waals surface area contributed by atoms with Crippen LogP contribution in [0.2, 0.25) is 5.02 Å². The molecule has 1 atom stereocenters. The molecule has 1 unspecified atom stereocenters. The molecule has 1 N–H and O–H groups in total. The number of thiazole rings is 1. The number of halogens is 1. The minimum absolute atomic E-state index is 0.188. The highest BCUT2D eigenvalue weighted by atomic mass is 35.5. The predicted molar refractivity (Wildman–Crippen MR) is 146 cm³/mol. The van der Waals surface area contributed by atoms with E-state index in [-0.39, 0.29) is 17.5 Å². The monoisotopic (exact) mass is 544 g/mol. The summed E-state index contributed by atoms with van der Waals surface area (Å²) < 4.78 is 10.6. The number of rotatable bonds is 6. The van der Waals surface area contributed by atoms with Crippen molar-refractivity contribution >= 4 is 45.3 Å². The summed E-state index contributed by atoms with van der Waals surface area (Å²) in [5.74, 6) is 0.816. The molecule has 0 fully saturated rings. The largest absolute Gasteiger partial charge is 0.497 e. The number of carbonyl (C=O) groups is 1. The molecule has 0 saturated carbocycles. The number of benzene rings is 3. The Morgan fingerprint density at radius 1 is 1.00 bits per heavy atom. The van der Waals surface area contributed by atoms with Crippen LogP contribution in [0, 0.1) is 0 Å². The molecule has 0 radical (unpaired) electrons. The van der Waals surface area contributed by atoms with Gasteiger partial charge in [-0.1, -0.05) is 35.1 Å². The van der Waals surface area contributed by atoms with Gasteiger partial charge in [0.25, 0.3) is 5.91 Å². The second-order valence-corrected chi connectivity index (χ2v) is 10.1. The number of fused-ring (bicyclic) bond motifs is 1. The zero-order chi connectivity index (χ0) is 26.4. The normalized spacial score (nSPS) is 16.3. The van der Waals surface area contributed by atoms with Crippen molar-refractivity contribution in [2.24, 2.45) is 10.1 Å². The maximum absolute atomic E-state index is 12.8. The smallest absolute Gasteiger partial charge is 0.279 e. The average Bonchev–Trinajstić information content (AvgIpc) is 3.63. The molecule has 6 rings (SSSR count). The summed E-state index contributed by atoms with van der Waals surface area (Å²) in [4.78, 5) is 21.7. The van der Waals surface area contributed by atoms with E-state index in [1.165, 1.54) is 11.3 Å². The first-order valence-electron chi connectivity index (χ1n) is 11.7. The highest BCUT2D eigenvalue weighted by Gasteiger charge is 2.34. The lowest BCUT2D eigenvalue weighted by atomic mass is 9.98. The Kier molecular flexibility index (Phi) is 6.09. The van der Waals surface area contributed by atoms with Crippen LogP contribution >= 0.6 is 22.9 Å². The van der Waals surface area contributed by atoms with Crippen LogP contribution in [0.5, 0.6) is 17.4 Å². The first-order chi connectivity index (χ1) is 18.4. The molecule has 38 heavy (non-hydrogen) atoms. The van der Waals surface area contributed by atoms with Crippen LogP contribution in [-0.4, -0.2) is 35.9 Å². The highest BCUT2D eigenvalue weighted by molar-refractivity contribution is 7.17. The number of methoxy groups -OCH3 is 2. The number of hydrogen-bond acceptors (Lipinski definition) is 8. The number of aromatic hydroxyl groups is 1. The molecule has 1 aromatic heterocycles. The molecule has 0 saturated heterocycles. The quantitative estimate of drug-likeness (QED) is 0.390. The van der Waals surface area contributed by atoms with E-state index in [4.69, 9.17) is 26.2 Å². The van der Waals surface area contributed by atoms with Crippen molar-refractivity contribution in [1.29, 1.82) is 0 Å². The fraction of sp³-hybridized carbons (Fsp3) is 0.143. The van der Waals surface area contributed by atoms with Gasteiger partial charge in [-0.05, 0) is 65.7 Å². The fourth-order valence-corrected chi connectivity index (χ4v) is 5.78. The lowest BCUT2D eigenvalue weighted by molar-refractivity contribution is -0.112. The third kappa shape index (κ3) is 4.19. The van der Waals surface area contributed by atoms with E-state index >= 15 is 0 Å². The molecular formula is C28H21ClN4O4S. The Bertz CT molecular complexity index is 1720. The Morgan fingerprint density at radius 3 is 2.37 bits per heavy atom. The second kappa shape index (κ2) is 9.59. The first-order valence-corrected chi connectivity index (χ1v) is 12.9. The van der Waals surface area contributed by atoms with Gasteiger partial charge in [0.05, 0.1) is 36.9 Å². The van der Waals surface area contributed by atoms with Crippen molar-refractivity contribution in [1.82, 2.24) is 4.98 Å². The van der Waals surface area contributed by atoms with Gasteiger partial charge < -0.3 is 14.6 Å². The van der Waals surface area contributed by atoms with Crippen molar-refractivity contribution in [2.75, 3.05) is 19.2 Å². The summed E-state index contributed by atoms with van der Waals surface area (Å²) >= 11 is 7.38. The summed E-state index contributed by atoms with van der Waals surface area (Å²) in [6.07, 6.45) is 0.609. The van der Waals surface area contributed by atoms with E-state index in [0.717, 1.165) is 28.3 Å². The summed E-state index contributed by atoms with van der Waals surface area (Å²) in [7, 11) is 3.25. The third-order valence-corrected chi connectivity index (χ3v) is 7.81. The summed E-state index contributed by atoms with van der Waals surface area (Å²) in [6.45, 7) is 0. The van der Waals surface area contributed by atoms with E-state index in [9.17, 15) is 9.90 Å². The van der Waals surface area contributed by atoms with Crippen molar-refractivity contribution in [3.8, 4) is 17.4 Å². The van der Waals surface area contributed by atoms with Crippen LogP contribution in [0.1, 0.15) is 28.5 Å². The van der Waals surface area contributed by atoms with E-state index in [1.807, 2.05) is 48.5 Å². The van der Waals surface area contributed by atoms with Crippen LogP contribution in [0.25, 0.3) is 5.57 Å². The molecule has 0 bridgehead atoms. The van der Waals surface area contributed by atoms with Crippen molar-refractivity contribution in [2.45, 2.75) is 12.5 Å². The van der Waals surface area contributed by atoms with E-state index in [1.54, 1.807) is 37.4 Å². The standard InChI is InChI=1S/C28H21ClN4O4S/c1-36-18-8-3-15(4-9-18)22-14-23(16-5-10-19(37-2)11-6-16)33(32-22)28-31-27(35)25(38-28)24-20-13-17(29)7-12-21(20)30-26(24)34/h3-13,23,35H,14H2,1-2H3. The number of carbonyl (C=O) groups excluding carboxylic acids is 1. The van der Waals surface area contributed by atoms with Crippen LogP contribution in [-0.2, 0) is 4.79 Å². The Morgan fingerprint density at radius 2 is 1.68 bits per heavy atom.